The van der Waals surface area contributed by atoms with Crippen LogP contribution in [-0.2, 0) is 22.4 Å². The number of nitrogens with zero attached hydrogens (tertiary/aromatic N) is 1. The van der Waals surface area contributed by atoms with Gasteiger partial charge in [0.15, 0.2) is 0 Å². The predicted octanol–water partition coefficient (Wildman–Crippen LogP) is 4.72. The first-order valence-corrected chi connectivity index (χ1v) is 11.0. The van der Waals surface area contributed by atoms with Gasteiger partial charge in [0.25, 0.3) is 0 Å². The number of ether oxygens (including phenoxy) is 1. The monoisotopic (exact) mass is 467 g/mol. The molecule has 4 rings (SSSR count). The van der Waals surface area contributed by atoms with Crippen molar-refractivity contribution in [3.63, 3.8) is 0 Å². The zero-order chi connectivity index (χ0) is 23.6. The van der Waals surface area contributed by atoms with Gasteiger partial charge in [-0.05, 0) is 47.7 Å². The molecule has 1 aliphatic rings. The minimum absolute atomic E-state index is 0.0120. The zero-order valence-corrected chi connectivity index (χ0v) is 18.8. The minimum atomic E-state index is -1.82. The Balaban J connectivity index is 0.000000454. The quantitative estimate of drug-likeness (QED) is 0.528. The zero-order valence-electron chi connectivity index (χ0n) is 18.1. The van der Waals surface area contributed by atoms with Gasteiger partial charge in [-0.2, -0.15) is 0 Å². The van der Waals surface area contributed by atoms with E-state index < -0.39 is 11.9 Å². The number of carboxylic acid groups (broad SMARTS) is 2. The van der Waals surface area contributed by atoms with Gasteiger partial charge in [0, 0.05) is 24.7 Å². The number of fused-ring (bicyclic) bond motifs is 1. The van der Waals surface area contributed by atoms with Crippen LogP contribution in [0.5, 0.6) is 5.75 Å². The summed E-state index contributed by atoms with van der Waals surface area (Å²) in [7, 11) is 0. The van der Waals surface area contributed by atoms with Crippen molar-refractivity contribution in [2.75, 3.05) is 19.6 Å². The summed E-state index contributed by atoms with van der Waals surface area (Å²) in [5.74, 6) is -2.82. The maximum absolute atomic E-state index is 9.10. The Morgan fingerprint density at radius 3 is 2.33 bits per heavy atom. The molecule has 0 saturated heterocycles. The van der Waals surface area contributed by atoms with Crippen molar-refractivity contribution in [2.24, 2.45) is 0 Å². The number of halogens is 1. The Bertz CT molecular complexity index is 1060. The highest BCUT2D eigenvalue weighted by Gasteiger charge is 2.24. The number of carboxylic acids is 2. The molecular formula is C26H26ClNO5. The normalized spacial score (nSPS) is 15.4. The van der Waals surface area contributed by atoms with Crippen LogP contribution in [0.4, 0.5) is 0 Å². The van der Waals surface area contributed by atoms with Gasteiger partial charge >= 0.3 is 11.9 Å². The van der Waals surface area contributed by atoms with E-state index in [0.717, 1.165) is 38.2 Å². The molecule has 0 spiro atoms. The minimum Gasteiger partial charge on any atom is -0.484 e. The Morgan fingerprint density at radius 2 is 1.64 bits per heavy atom. The number of benzene rings is 3. The number of carbonyl (C=O) groups is 2. The summed E-state index contributed by atoms with van der Waals surface area (Å²) in [6.07, 6.45) is 2.12. The highest BCUT2D eigenvalue weighted by atomic mass is 35.5. The van der Waals surface area contributed by atoms with Gasteiger partial charge in [0.05, 0.1) is 0 Å². The summed E-state index contributed by atoms with van der Waals surface area (Å²) in [6.45, 7) is 2.98. The standard InChI is InChI=1S/C24H24ClNO.C2H2O4/c25-21-10-6-11-22(17-21)27-24-18-26(15-13-19-7-2-1-3-8-19)16-14-20-9-4-5-12-23(20)24;3-1(4)2(5)6/h1-12,17,24H,13-16,18H2;(H,3,4)(H,5,6). The Morgan fingerprint density at radius 1 is 0.939 bits per heavy atom. The highest BCUT2D eigenvalue weighted by molar-refractivity contribution is 6.30. The predicted molar refractivity (Wildman–Crippen MR) is 127 cm³/mol. The van der Waals surface area contributed by atoms with Gasteiger partial charge in [0.1, 0.15) is 11.9 Å². The summed E-state index contributed by atoms with van der Waals surface area (Å²) < 4.78 is 6.40. The number of aliphatic carboxylic acids is 2. The van der Waals surface area contributed by atoms with E-state index in [2.05, 4.69) is 59.5 Å². The van der Waals surface area contributed by atoms with Gasteiger partial charge < -0.3 is 14.9 Å². The van der Waals surface area contributed by atoms with E-state index in [1.165, 1.54) is 16.7 Å². The average Bonchev–Trinajstić information content (AvgIpc) is 2.98. The molecule has 33 heavy (non-hydrogen) atoms. The van der Waals surface area contributed by atoms with E-state index in [9.17, 15) is 0 Å². The van der Waals surface area contributed by atoms with Crippen molar-refractivity contribution in [3.05, 3.63) is 101 Å². The maximum Gasteiger partial charge on any atom is 0.414 e. The fourth-order valence-electron chi connectivity index (χ4n) is 3.72. The molecule has 0 aromatic heterocycles. The third kappa shape index (κ3) is 7.63. The molecule has 1 atom stereocenters. The molecule has 1 aliphatic heterocycles. The van der Waals surface area contributed by atoms with Crippen LogP contribution in [0, 0.1) is 0 Å². The van der Waals surface area contributed by atoms with Gasteiger partial charge in [-0.25, -0.2) is 9.59 Å². The lowest BCUT2D eigenvalue weighted by molar-refractivity contribution is -0.159. The van der Waals surface area contributed by atoms with Crippen LogP contribution in [0.1, 0.15) is 22.8 Å². The second-order valence-electron chi connectivity index (χ2n) is 7.66. The molecule has 0 aliphatic carbocycles. The molecule has 6 nitrogen and oxygen atoms in total. The Kier molecular flexibility index (Phi) is 8.87. The van der Waals surface area contributed by atoms with E-state index in [-0.39, 0.29) is 6.10 Å². The van der Waals surface area contributed by atoms with Crippen LogP contribution in [0.15, 0.2) is 78.9 Å². The molecule has 7 heteroatoms. The van der Waals surface area contributed by atoms with Crippen LogP contribution < -0.4 is 4.74 Å². The Hall–Kier alpha value is -3.35. The van der Waals surface area contributed by atoms with Crippen molar-refractivity contribution >= 4 is 23.5 Å². The summed E-state index contributed by atoms with van der Waals surface area (Å²) >= 11 is 6.15. The van der Waals surface area contributed by atoms with Crippen LogP contribution in [0.3, 0.4) is 0 Å². The maximum atomic E-state index is 9.10. The average molecular weight is 468 g/mol. The lowest BCUT2D eigenvalue weighted by Crippen LogP contribution is -2.32. The second kappa shape index (κ2) is 12.0. The fraction of sp³-hybridized carbons (Fsp3) is 0.231. The van der Waals surface area contributed by atoms with Crippen molar-refractivity contribution in [2.45, 2.75) is 18.9 Å². The molecule has 172 valence electrons. The van der Waals surface area contributed by atoms with Gasteiger partial charge in [0.2, 0.25) is 0 Å². The third-order valence-electron chi connectivity index (χ3n) is 5.34. The molecular weight excluding hydrogens is 442 g/mol. The number of hydrogen-bond donors (Lipinski definition) is 2. The van der Waals surface area contributed by atoms with Gasteiger partial charge in [-0.1, -0.05) is 72.3 Å². The fourth-order valence-corrected chi connectivity index (χ4v) is 3.90. The first kappa shape index (κ1) is 24.3. The number of rotatable bonds is 5. The summed E-state index contributed by atoms with van der Waals surface area (Å²) in [5.41, 5.74) is 4.05. The largest absolute Gasteiger partial charge is 0.484 e. The van der Waals surface area contributed by atoms with E-state index in [0.29, 0.717) is 5.02 Å². The molecule has 0 saturated carbocycles. The van der Waals surface area contributed by atoms with Crippen LogP contribution in [0.2, 0.25) is 5.02 Å². The molecule has 0 bridgehead atoms. The molecule has 0 amide bonds. The molecule has 1 unspecified atom stereocenters. The van der Waals surface area contributed by atoms with Gasteiger partial charge in [-0.15, -0.1) is 0 Å². The second-order valence-corrected chi connectivity index (χ2v) is 8.10. The molecule has 3 aromatic rings. The van der Waals surface area contributed by atoms with E-state index >= 15 is 0 Å². The summed E-state index contributed by atoms with van der Waals surface area (Å²) in [6, 6.07) is 27.0. The van der Waals surface area contributed by atoms with E-state index in [1.54, 1.807) is 0 Å². The lowest BCUT2D eigenvalue weighted by atomic mass is 10.0. The van der Waals surface area contributed by atoms with Crippen LogP contribution in [-0.4, -0.2) is 46.7 Å². The van der Waals surface area contributed by atoms with Crippen molar-refractivity contribution < 1.29 is 24.5 Å². The smallest absolute Gasteiger partial charge is 0.414 e. The molecule has 1 heterocycles. The summed E-state index contributed by atoms with van der Waals surface area (Å²) in [5, 5.41) is 15.5. The molecule has 0 fully saturated rings. The molecule has 0 radical (unpaired) electrons. The molecule has 3 aromatic carbocycles. The van der Waals surface area contributed by atoms with Gasteiger partial charge in [-0.3, -0.25) is 4.90 Å². The number of hydrogen-bond acceptors (Lipinski definition) is 4. The first-order valence-electron chi connectivity index (χ1n) is 10.6. The lowest BCUT2D eigenvalue weighted by Gasteiger charge is -2.26. The van der Waals surface area contributed by atoms with E-state index in [1.807, 2.05) is 24.3 Å². The first-order chi connectivity index (χ1) is 15.9. The van der Waals surface area contributed by atoms with Crippen molar-refractivity contribution in [1.29, 1.82) is 0 Å². The Labute approximate surface area is 198 Å². The van der Waals surface area contributed by atoms with E-state index in [4.69, 9.17) is 36.1 Å². The summed E-state index contributed by atoms with van der Waals surface area (Å²) in [4.78, 5) is 20.7. The van der Waals surface area contributed by atoms with Crippen molar-refractivity contribution in [1.82, 2.24) is 4.90 Å². The van der Waals surface area contributed by atoms with Crippen molar-refractivity contribution in [3.8, 4) is 5.75 Å². The third-order valence-corrected chi connectivity index (χ3v) is 5.58. The topological polar surface area (TPSA) is 87.1 Å². The van der Waals surface area contributed by atoms with Crippen LogP contribution >= 0.6 is 11.6 Å². The SMILES string of the molecule is Clc1cccc(OC2CN(CCc3ccccc3)CCc3ccccc32)c1.O=C(O)C(=O)O. The van der Waals surface area contributed by atoms with Crippen LogP contribution in [0.25, 0.3) is 0 Å². The molecule has 2 N–H and O–H groups in total. The highest BCUT2D eigenvalue weighted by Crippen LogP contribution is 2.29.